The van der Waals surface area contributed by atoms with Crippen LogP contribution in [0.1, 0.15) is 36.7 Å². The van der Waals surface area contributed by atoms with Gasteiger partial charge in [-0.15, -0.1) is 9.35 Å². The molecule has 3 aromatic rings. The number of anilines is 2. The Balaban J connectivity index is 0.00000363. The maximum absolute atomic E-state index is 4.69. The van der Waals surface area contributed by atoms with Crippen LogP contribution in [-0.2, 0) is 6.42 Å². The highest BCUT2D eigenvalue weighted by Crippen LogP contribution is 2.12. The quantitative estimate of drug-likeness (QED) is 0.359. The Morgan fingerprint density at radius 3 is 1.88 bits per heavy atom. The molecular formula is C25H33ClN6. The minimum absolute atomic E-state index is 0. The minimum atomic E-state index is 0. The van der Waals surface area contributed by atoms with Crippen molar-refractivity contribution in [3.8, 4) is 0 Å². The highest BCUT2D eigenvalue weighted by Gasteiger charge is 2.16. The van der Waals surface area contributed by atoms with E-state index in [0.717, 1.165) is 36.2 Å². The lowest BCUT2D eigenvalue weighted by Gasteiger charge is -2.11. The standard InChI is InChI=1S/C25H33N6.ClH/c1-6-7-8-25-30(26-19-21-9-13-23(14-10-21)28(2)3)17-18-31(25)27-20-22-11-15-24(16-12-22)29(4)5;/h9-20H,6-8H2,1-5H3;1H/q+1;/p-1/b26-19+,27-20+;. The van der Waals surface area contributed by atoms with Crippen molar-refractivity contribution in [1.29, 1.82) is 0 Å². The molecule has 0 amide bonds. The van der Waals surface area contributed by atoms with Crippen molar-refractivity contribution in [1.82, 2.24) is 4.68 Å². The van der Waals surface area contributed by atoms with E-state index in [1.807, 2.05) is 62.4 Å². The summed E-state index contributed by atoms with van der Waals surface area (Å²) in [5, 5.41) is 9.38. The van der Waals surface area contributed by atoms with Crippen molar-refractivity contribution in [2.75, 3.05) is 38.0 Å². The summed E-state index contributed by atoms with van der Waals surface area (Å²) in [7, 11) is 8.16. The van der Waals surface area contributed by atoms with E-state index < -0.39 is 0 Å². The summed E-state index contributed by atoms with van der Waals surface area (Å²) >= 11 is 0. The van der Waals surface area contributed by atoms with Gasteiger partial charge >= 0.3 is 5.82 Å². The molecule has 0 radical (unpaired) electrons. The molecule has 0 spiro atoms. The van der Waals surface area contributed by atoms with Gasteiger partial charge in [0.2, 0.25) is 0 Å². The highest BCUT2D eigenvalue weighted by atomic mass is 35.5. The van der Waals surface area contributed by atoms with Gasteiger partial charge < -0.3 is 22.2 Å². The molecule has 170 valence electrons. The Hall–Kier alpha value is -3.12. The molecule has 32 heavy (non-hydrogen) atoms. The summed E-state index contributed by atoms with van der Waals surface area (Å²) in [6, 6.07) is 16.7. The number of imidazole rings is 1. The molecule has 0 unspecified atom stereocenters. The molecule has 7 heteroatoms. The molecule has 0 fully saturated rings. The van der Waals surface area contributed by atoms with E-state index in [2.05, 4.69) is 75.5 Å². The molecule has 0 N–H and O–H groups in total. The first-order chi connectivity index (χ1) is 15.0. The fourth-order valence-electron chi connectivity index (χ4n) is 3.15. The van der Waals surface area contributed by atoms with Crippen LogP contribution in [0.15, 0.2) is 71.1 Å². The van der Waals surface area contributed by atoms with Crippen molar-refractivity contribution < 1.29 is 17.1 Å². The zero-order chi connectivity index (χ0) is 22.2. The number of rotatable bonds is 9. The van der Waals surface area contributed by atoms with Crippen LogP contribution in [0.5, 0.6) is 0 Å². The van der Waals surface area contributed by atoms with Gasteiger partial charge in [0.15, 0.2) is 12.4 Å². The monoisotopic (exact) mass is 452 g/mol. The number of nitrogens with zero attached hydrogens (tertiary/aromatic N) is 6. The SMILES string of the molecule is CCCCc1n(/N=C/c2ccc(N(C)C)cc2)cc[n+]1/N=C/c1ccc(N(C)C)cc1.[Cl-]. The third-order valence-corrected chi connectivity index (χ3v) is 5.11. The maximum Gasteiger partial charge on any atom is 0.307 e. The summed E-state index contributed by atoms with van der Waals surface area (Å²) in [5.74, 6) is 1.06. The predicted molar refractivity (Wildman–Crippen MR) is 131 cm³/mol. The van der Waals surface area contributed by atoms with Gasteiger partial charge in [0.1, 0.15) is 0 Å². The molecule has 6 nitrogen and oxygen atoms in total. The lowest BCUT2D eigenvalue weighted by atomic mass is 10.2. The van der Waals surface area contributed by atoms with Crippen molar-refractivity contribution in [2.45, 2.75) is 26.2 Å². The van der Waals surface area contributed by atoms with Gasteiger partial charge in [0.05, 0.1) is 18.9 Å². The van der Waals surface area contributed by atoms with E-state index >= 15 is 0 Å². The molecule has 1 aromatic heterocycles. The first kappa shape index (κ1) is 25.1. The second-order valence-electron chi connectivity index (χ2n) is 7.97. The van der Waals surface area contributed by atoms with Gasteiger partial charge in [-0.05, 0) is 41.8 Å². The average Bonchev–Trinajstić information content (AvgIpc) is 3.16. The Morgan fingerprint density at radius 1 is 0.844 bits per heavy atom. The lowest BCUT2D eigenvalue weighted by molar-refractivity contribution is -0.685. The number of halogens is 1. The lowest BCUT2D eigenvalue weighted by Crippen LogP contribution is -3.00. The van der Waals surface area contributed by atoms with Crippen LogP contribution in [0.2, 0.25) is 0 Å². The molecular weight excluding hydrogens is 420 g/mol. The van der Waals surface area contributed by atoms with E-state index in [-0.39, 0.29) is 12.4 Å². The largest absolute Gasteiger partial charge is 1.00 e. The smallest absolute Gasteiger partial charge is 0.307 e. The summed E-state index contributed by atoms with van der Waals surface area (Å²) in [6.45, 7) is 2.20. The van der Waals surface area contributed by atoms with Gasteiger partial charge in [0, 0.05) is 39.6 Å². The Bertz CT molecular complexity index is 939. The van der Waals surface area contributed by atoms with Gasteiger partial charge in [-0.25, -0.2) is 0 Å². The number of aromatic nitrogens is 2. The van der Waals surface area contributed by atoms with Crippen LogP contribution >= 0.6 is 0 Å². The molecule has 0 aliphatic heterocycles. The molecule has 2 aromatic carbocycles. The Morgan fingerprint density at radius 2 is 1.38 bits per heavy atom. The fraction of sp³-hybridized carbons (Fsp3) is 0.320. The first-order valence-electron chi connectivity index (χ1n) is 10.7. The van der Waals surface area contributed by atoms with Crippen LogP contribution in [0, 0.1) is 0 Å². The van der Waals surface area contributed by atoms with Crippen molar-refractivity contribution >= 4 is 23.8 Å². The molecule has 0 aliphatic rings. The van der Waals surface area contributed by atoms with Gasteiger partial charge in [-0.3, -0.25) is 0 Å². The number of hydrogen-bond acceptors (Lipinski definition) is 4. The third kappa shape index (κ3) is 6.69. The van der Waals surface area contributed by atoms with Crippen LogP contribution in [0.3, 0.4) is 0 Å². The normalized spacial score (nSPS) is 11.2. The number of hydrogen-bond donors (Lipinski definition) is 0. The molecule has 0 saturated carbocycles. The van der Waals surface area contributed by atoms with E-state index in [9.17, 15) is 0 Å². The summed E-state index contributed by atoms with van der Waals surface area (Å²) in [5.41, 5.74) is 4.48. The topological polar surface area (TPSA) is 40.0 Å². The molecule has 0 atom stereocenters. The van der Waals surface area contributed by atoms with Crippen molar-refractivity contribution in [3.63, 3.8) is 0 Å². The Labute approximate surface area is 197 Å². The van der Waals surface area contributed by atoms with E-state index in [4.69, 9.17) is 0 Å². The summed E-state index contributed by atoms with van der Waals surface area (Å²) < 4.78 is 3.84. The summed E-state index contributed by atoms with van der Waals surface area (Å²) in [4.78, 5) is 4.18. The minimum Gasteiger partial charge on any atom is -1.00 e. The van der Waals surface area contributed by atoms with E-state index in [1.54, 1.807) is 0 Å². The number of benzene rings is 2. The second kappa shape index (κ2) is 12.1. The van der Waals surface area contributed by atoms with Gasteiger partial charge in [-0.1, -0.05) is 47.8 Å². The van der Waals surface area contributed by atoms with Crippen molar-refractivity contribution in [3.05, 3.63) is 77.9 Å². The van der Waals surface area contributed by atoms with Crippen LogP contribution in [-0.4, -0.2) is 45.3 Å². The first-order valence-corrected chi connectivity index (χ1v) is 10.7. The van der Waals surface area contributed by atoms with Crippen LogP contribution in [0.25, 0.3) is 0 Å². The van der Waals surface area contributed by atoms with Gasteiger partial charge in [-0.2, -0.15) is 0 Å². The number of unbranched alkanes of at least 4 members (excludes halogenated alkanes) is 1. The van der Waals surface area contributed by atoms with E-state index in [0.29, 0.717) is 0 Å². The fourth-order valence-corrected chi connectivity index (χ4v) is 3.15. The highest BCUT2D eigenvalue weighted by molar-refractivity contribution is 5.80. The zero-order valence-electron chi connectivity index (χ0n) is 19.6. The summed E-state index contributed by atoms with van der Waals surface area (Å²) in [6.07, 6.45) is 10.8. The van der Waals surface area contributed by atoms with Crippen LogP contribution in [0.4, 0.5) is 11.4 Å². The maximum atomic E-state index is 4.69. The van der Waals surface area contributed by atoms with Crippen molar-refractivity contribution in [2.24, 2.45) is 10.2 Å². The predicted octanol–water partition coefficient (Wildman–Crippen LogP) is 1.02. The average molecular weight is 453 g/mol. The van der Waals surface area contributed by atoms with Crippen LogP contribution < -0.4 is 26.9 Å². The third-order valence-electron chi connectivity index (χ3n) is 5.11. The molecule has 3 rings (SSSR count). The second-order valence-corrected chi connectivity index (χ2v) is 7.97. The zero-order valence-corrected chi connectivity index (χ0v) is 20.4. The molecule has 0 saturated heterocycles. The van der Waals surface area contributed by atoms with E-state index in [1.165, 1.54) is 11.4 Å². The molecule has 0 bridgehead atoms. The Kier molecular flexibility index (Phi) is 9.47. The molecule has 1 heterocycles. The molecule has 0 aliphatic carbocycles. The van der Waals surface area contributed by atoms with Gasteiger partial charge in [0.25, 0.3) is 0 Å².